The van der Waals surface area contributed by atoms with Crippen LogP contribution in [-0.2, 0) is 15.0 Å². The van der Waals surface area contributed by atoms with E-state index in [0.717, 1.165) is 5.75 Å². The quantitative estimate of drug-likeness (QED) is 0.200. The molecule has 1 aliphatic carbocycles. The van der Waals surface area contributed by atoms with Crippen LogP contribution in [-0.4, -0.2) is 54.7 Å². The van der Waals surface area contributed by atoms with Crippen LogP contribution in [0.5, 0.6) is 17.2 Å². The minimum atomic E-state index is -1.61. The van der Waals surface area contributed by atoms with Gasteiger partial charge in [0.25, 0.3) is 0 Å². The molecule has 2 aromatic heterocycles. The second kappa shape index (κ2) is 10.5. The number of pyridine rings is 1. The number of rotatable bonds is 8. The second-order valence-corrected chi connectivity index (χ2v) is 11.0. The number of allylic oxidation sites excluding steroid dienone is 4. The third-order valence-corrected chi connectivity index (χ3v) is 8.04. The minimum Gasteiger partial charge on any atom is -0.507 e. The van der Waals surface area contributed by atoms with Gasteiger partial charge >= 0.3 is 0 Å². The number of ether oxygens (including phenoxy) is 1. The van der Waals surface area contributed by atoms with Crippen LogP contribution in [0.15, 0.2) is 52.0 Å². The van der Waals surface area contributed by atoms with E-state index in [4.69, 9.17) is 9.26 Å². The van der Waals surface area contributed by atoms with Gasteiger partial charge in [0, 0.05) is 23.5 Å². The molecule has 2 atom stereocenters. The van der Waals surface area contributed by atoms with E-state index in [1.165, 1.54) is 26.8 Å². The van der Waals surface area contributed by atoms with Crippen molar-refractivity contribution in [3.8, 4) is 28.8 Å². The van der Waals surface area contributed by atoms with Crippen LogP contribution >= 0.6 is 11.8 Å². The molecule has 12 heteroatoms. The molecule has 5 rings (SSSR count). The first-order valence-electron chi connectivity index (χ1n) is 12.8. The Labute approximate surface area is 239 Å². The van der Waals surface area contributed by atoms with Crippen molar-refractivity contribution < 1.29 is 33.9 Å². The Morgan fingerprint density at radius 2 is 1.95 bits per heavy atom. The maximum atomic E-state index is 14.1. The number of carbonyl (C=O) groups excluding carboxylic acids is 3. The number of phenolic OH excluding ortho intramolecular Hbond substituents is 2. The Balaban J connectivity index is 1.56. The summed E-state index contributed by atoms with van der Waals surface area (Å²) >= 11 is 1.61. The summed E-state index contributed by atoms with van der Waals surface area (Å²) in [5, 5.41) is 28.9. The average molecular weight is 577 g/mol. The lowest BCUT2D eigenvalue weighted by molar-refractivity contribution is -0.123. The van der Waals surface area contributed by atoms with E-state index >= 15 is 0 Å². The van der Waals surface area contributed by atoms with Gasteiger partial charge in [0.15, 0.2) is 17.3 Å². The van der Waals surface area contributed by atoms with Gasteiger partial charge in [0.1, 0.15) is 45.7 Å². The molecule has 0 saturated carbocycles. The van der Waals surface area contributed by atoms with Crippen LogP contribution in [0.1, 0.15) is 60.6 Å². The van der Waals surface area contributed by atoms with Gasteiger partial charge in [-0.2, -0.15) is 16.7 Å². The monoisotopic (exact) mass is 576 g/mol. The molecule has 1 unspecified atom stereocenters. The lowest BCUT2D eigenvalue weighted by Gasteiger charge is -2.29. The Morgan fingerprint density at radius 3 is 2.61 bits per heavy atom. The van der Waals surface area contributed by atoms with Crippen molar-refractivity contribution in [2.45, 2.75) is 45.6 Å². The number of ketones is 3. The zero-order chi connectivity index (χ0) is 29.6. The number of aromatic nitrogens is 3. The van der Waals surface area contributed by atoms with Gasteiger partial charge in [-0.05, 0) is 58.3 Å². The fourth-order valence-corrected chi connectivity index (χ4v) is 5.64. The van der Waals surface area contributed by atoms with Crippen molar-refractivity contribution in [2.75, 3.05) is 12.0 Å². The van der Waals surface area contributed by atoms with Gasteiger partial charge in [0.2, 0.25) is 11.7 Å². The molecule has 3 aromatic rings. The fraction of sp³-hybridized carbons (Fsp3) is 0.310. The van der Waals surface area contributed by atoms with Crippen LogP contribution < -0.4 is 10.1 Å². The van der Waals surface area contributed by atoms with Crippen molar-refractivity contribution >= 4 is 29.1 Å². The van der Waals surface area contributed by atoms with E-state index in [1.807, 2.05) is 12.3 Å². The largest absolute Gasteiger partial charge is 0.507 e. The summed E-state index contributed by atoms with van der Waals surface area (Å²) in [7, 11) is 0. The number of hydrogen-bond acceptors (Lipinski definition) is 12. The zero-order valence-corrected chi connectivity index (χ0v) is 23.9. The Kier molecular flexibility index (Phi) is 7.20. The highest BCUT2D eigenvalue weighted by molar-refractivity contribution is 7.98. The number of thioether (sulfide) groups is 1. The number of fused-ring (bicyclic) bond motifs is 3. The summed E-state index contributed by atoms with van der Waals surface area (Å²) in [5.41, 5.74) is -1.04. The molecule has 1 aliphatic heterocycles. The van der Waals surface area contributed by atoms with Crippen molar-refractivity contribution in [1.82, 2.24) is 20.4 Å². The summed E-state index contributed by atoms with van der Waals surface area (Å²) in [6, 6.07) is 4.82. The van der Waals surface area contributed by atoms with Crippen LogP contribution in [0.4, 0.5) is 0 Å². The summed E-state index contributed by atoms with van der Waals surface area (Å²) in [4.78, 5) is 48.6. The number of phenols is 2. The first-order chi connectivity index (χ1) is 19.5. The van der Waals surface area contributed by atoms with E-state index in [2.05, 4.69) is 20.4 Å². The van der Waals surface area contributed by atoms with Crippen molar-refractivity contribution in [1.29, 1.82) is 0 Å². The lowest BCUT2D eigenvalue weighted by Crippen LogP contribution is -2.41. The molecule has 212 valence electrons. The molecule has 0 fully saturated rings. The molecular weight excluding hydrogens is 548 g/mol. The SMILES string of the molecule is CSCCC(N/C(C)=C1\C(=O)C=C2Oc3c(C(C)=O)c(O)c(C)c(O)c3[C@]2(C)C1=O)c1nc(-c2ccccn2)no1. The highest BCUT2D eigenvalue weighted by Crippen LogP contribution is 2.57. The zero-order valence-electron chi connectivity index (χ0n) is 23.1. The molecule has 0 amide bonds. The third kappa shape index (κ3) is 4.48. The minimum absolute atomic E-state index is 0.0299. The summed E-state index contributed by atoms with van der Waals surface area (Å²) in [6.07, 6.45) is 5.30. The van der Waals surface area contributed by atoms with Gasteiger partial charge < -0.3 is 24.8 Å². The molecule has 11 nitrogen and oxygen atoms in total. The number of nitrogens with zero attached hydrogens (tertiary/aromatic N) is 3. The first-order valence-corrected chi connectivity index (χ1v) is 14.2. The number of hydrogen-bond donors (Lipinski definition) is 3. The van der Waals surface area contributed by atoms with E-state index in [-0.39, 0.29) is 51.1 Å². The molecule has 2 aliphatic rings. The van der Waals surface area contributed by atoms with Gasteiger partial charge in [-0.3, -0.25) is 19.4 Å². The van der Waals surface area contributed by atoms with Crippen molar-refractivity contribution in [3.05, 3.63) is 70.1 Å². The maximum absolute atomic E-state index is 14.1. The van der Waals surface area contributed by atoms with Gasteiger partial charge in [-0.25, -0.2) is 0 Å². The van der Waals surface area contributed by atoms with Crippen molar-refractivity contribution in [2.24, 2.45) is 0 Å². The molecule has 1 aromatic carbocycles. The van der Waals surface area contributed by atoms with E-state index in [9.17, 15) is 24.6 Å². The standard InChI is InChI=1S/C29H28N4O7S/c1-13-23(36)21(15(3)34)25-22(24(13)37)29(4)19(39-25)12-18(35)20(26(29)38)14(2)31-17(9-11-41-5)28-32-27(33-40-28)16-8-6-7-10-30-16/h6-8,10,12,17,31,36-37H,9,11H2,1-5H3/b20-14+/t17?,29-/m1/s1. The highest BCUT2D eigenvalue weighted by Gasteiger charge is 2.56. The molecule has 0 spiro atoms. The van der Waals surface area contributed by atoms with E-state index < -0.39 is 34.6 Å². The highest BCUT2D eigenvalue weighted by atomic mass is 32.2. The van der Waals surface area contributed by atoms with E-state index in [0.29, 0.717) is 17.9 Å². The first kappa shape index (κ1) is 28.1. The fourth-order valence-electron chi connectivity index (χ4n) is 5.16. The van der Waals surface area contributed by atoms with Crippen LogP contribution in [0.25, 0.3) is 11.5 Å². The smallest absolute Gasteiger partial charge is 0.249 e. The maximum Gasteiger partial charge on any atom is 0.249 e. The summed E-state index contributed by atoms with van der Waals surface area (Å²) < 4.78 is 11.4. The van der Waals surface area contributed by atoms with E-state index in [1.54, 1.807) is 37.0 Å². The molecule has 41 heavy (non-hydrogen) atoms. The molecule has 0 saturated heterocycles. The van der Waals surface area contributed by atoms with Crippen LogP contribution in [0.2, 0.25) is 0 Å². The molecular formula is C29H28N4O7S. The van der Waals surface area contributed by atoms with Crippen LogP contribution in [0, 0.1) is 6.92 Å². The number of aromatic hydroxyl groups is 2. The molecule has 3 heterocycles. The average Bonchev–Trinajstić information content (AvgIpc) is 3.54. The lowest BCUT2D eigenvalue weighted by atomic mass is 9.70. The van der Waals surface area contributed by atoms with Crippen LogP contribution in [0.3, 0.4) is 0 Å². The summed E-state index contributed by atoms with van der Waals surface area (Å²) in [5.74, 6) is -1.44. The second-order valence-electron chi connectivity index (χ2n) is 10.0. The predicted molar refractivity (Wildman–Crippen MR) is 150 cm³/mol. The topological polar surface area (TPSA) is 165 Å². The van der Waals surface area contributed by atoms with Gasteiger partial charge in [-0.15, -0.1) is 0 Å². The van der Waals surface area contributed by atoms with Crippen molar-refractivity contribution in [3.63, 3.8) is 0 Å². The Morgan fingerprint density at radius 1 is 1.20 bits per heavy atom. The molecule has 3 N–H and O–H groups in total. The molecule has 0 radical (unpaired) electrons. The number of benzene rings is 1. The normalized spacial score (nSPS) is 19.7. The van der Waals surface area contributed by atoms with Gasteiger partial charge in [0.05, 0.1) is 11.1 Å². The number of nitrogens with one attached hydrogen (secondary N) is 1. The third-order valence-electron chi connectivity index (χ3n) is 7.40. The number of carbonyl (C=O) groups is 3. The molecule has 0 bridgehead atoms. The number of Topliss-reactive ketones (excluding diaryl/α,β-unsaturated/α-hetero) is 2. The Hall–Kier alpha value is -4.45. The van der Waals surface area contributed by atoms with Gasteiger partial charge in [-0.1, -0.05) is 11.2 Å². The summed E-state index contributed by atoms with van der Waals surface area (Å²) in [6.45, 7) is 5.81. The Bertz CT molecular complexity index is 1660. The predicted octanol–water partition coefficient (Wildman–Crippen LogP) is 4.10.